The van der Waals surface area contributed by atoms with Crippen LogP contribution in [-0.2, 0) is 26.2 Å². The molecule has 0 aliphatic heterocycles. The number of hydrogen-bond donors (Lipinski definition) is 1. The molecule has 0 aromatic heterocycles. The molecule has 3 rings (SSSR count). The van der Waals surface area contributed by atoms with Gasteiger partial charge in [-0.15, -0.1) is 0 Å². The lowest BCUT2D eigenvalue weighted by atomic mass is 10.1. The Morgan fingerprint density at radius 1 is 0.976 bits per heavy atom. The van der Waals surface area contributed by atoms with Gasteiger partial charge < -0.3 is 15.0 Å². The van der Waals surface area contributed by atoms with Crippen LogP contribution in [0.25, 0.3) is 0 Å². The van der Waals surface area contributed by atoms with E-state index in [1.807, 2.05) is 32.9 Å². The van der Waals surface area contributed by atoms with Crippen molar-refractivity contribution in [1.29, 1.82) is 0 Å². The van der Waals surface area contributed by atoms with Crippen LogP contribution in [0.3, 0.4) is 0 Å². The van der Waals surface area contributed by atoms with Gasteiger partial charge in [-0.25, -0.2) is 8.42 Å². The number of nitrogens with one attached hydrogen (secondary N) is 1. The molecule has 0 saturated heterocycles. The SMILES string of the molecule is CC[C@@H](C)NC(=O)[C@H](C)N(Cc1ccc(OC)cc1)C(=O)CN(c1ccc(Cl)cc1C)S(=O)(=O)c1ccc(C)cc1. The summed E-state index contributed by atoms with van der Waals surface area (Å²) >= 11 is 6.17. The summed E-state index contributed by atoms with van der Waals surface area (Å²) in [6.07, 6.45) is 0.725. The topological polar surface area (TPSA) is 96.0 Å². The molecule has 1 N–H and O–H groups in total. The van der Waals surface area contributed by atoms with Crippen molar-refractivity contribution in [1.82, 2.24) is 10.2 Å². The Balaban J connectivity index is 2.05. The van der Waals surface area contributed by atoms with E-state index >= 15 is 0 Å². The third kappa shape index (κ3) is 8.01. The second-order valence-electron chi connectivity index (χ2n) is 10.1. The first-order valence-electron chi connectivity index (χ1n) is 13.5. The van der Waals surface area contributed by atoms with Crippen LogP contribution in [0.2, 0.25) is 5.02 Å². The molecule has 0 spiro atoms. The fraction of sp³-hybridized carbons (Fsp3) is 0.355. The number of anilines is 1. The lowest BCUT2D eigenvalue weighted by Gasteiger charge is -2.33. The number of sulfonamides is 1. The number of carbonyl (C=O) groups is 2. The highest BCUT2D eigenvalue weighted by Gasteiger charge is 2.33. The number of halogens is 1. The van der Waals surface area contributed by atoms with E-state index in [9.17, 15) is 18.0 Å². The zero-order valence-corrected chi connectivity index (χ0v) is 25.9. The lowest BCUT2D eigenvalue weighted by molar-refractivity contribution is -0.139. The maximum Gasteiger partial charge on any atom is 0.264 e. The number of amides is 2. The number of methoxy groups -OCH3 is 1. The second-order valence-corrected chi connectivity index (χ2v) is 12.4. The molecule has 0 aliphatic carbocycles. The highest BCUT2D eigenvalue weighted by Crippen LogP contribution is 2.29. The van der Waals surface area contributed by atoms with Gasteiger partial charge in [0.05, 0.1) is 17.7 Å². The van der Waals surface area contributed by atoms with Crippen LogP contribution >= 0.6 is 11.6 Å². The van der Waals surface area contributed by atoms with Gasteiger partial charge in [0.1, 0.15) is 18.3 Å². The molecule has 3 aromatic rings. The molecule has 0 saturated carbocycles. The molecule has 2 amide bonds. The molecule has 0 bridgehead atoms. The molecule has 0 radical (unpaired) electrons. The average molecular weight is 600 g/mol. The molecule has 8 nitrogen and oxygen atoms in total. The summed E-state index contributed by atoms with van der Waals surface area (Å²) in [5.74, 6) is -0.197. The van der Waals surface area contributed by atoms with Crippen LogP contribution in [0.15, 0.2) is 71.6 Å². The Hall–Kier alpha value is -3.56. The standard InChI is InChI=1S/C31H38ClN3O5S/c1-7-23(4)33-31(37)24(5)34(19-25-10-13-27(40-6)14-11-25)30(36)20-35(29-17-12-26(32)18-22(29)3)41(38,39)28-15-8-21(2)9-16-28/h8-18,23-24H,7,19-20H2,1-6H3,(H,33,37)/t23-,24+/m1/s1. The first-order chi connectivity index (χ1) is 19.4. The van der Waals surface area contributed by atoms with Gasteiger partial charge >= 0.3 is 0 Å². The molecule has 41 heavy (non-hydrogen) atoms. The molecule has 0 fully saturated rings. The van der Waals surface area contributed by atoms with Crippen molar-refractivity contribution < 1.29 is 22.7 Å². The minimum atomic E-state index is -4.16. The van der Waals surface area contributed by atoms with Crippen molar-refractivity contribution in [3.05, 3.63) is 88.4 Å². The zero-order valence-electron chi connectivity index (χ0n) is 24.3. The summed E-state index contributed by atoms with van der Waals surface area (Å²) in [4.78, 5) is 28.7. The van der Waals surface area contributed by atoms with Crippen LogP contribution in [0.4, 0.5) is 5.69 Å². The fourth-order valence-corrected chi connectivity index (χ4v) is 5.93. The average Bonchev–Trinajstić information content (AvgIpc) is 2.94. The van der Waals surface area contributed by atoms with E-state index in [1.165, 1.54) is 17.0 Å². The smallest absolute Gasteiger partial charge is 0.264 e. The Morgan fingerprint density at radius 3 is 2.17 bits per heavy atom. The minimum absolute atomic E-state index is 0.0505. The Kier molecular flexibility index (Phi) is 10.8. The van der Waals surface area contributed by atoms with E-state index in [1.54, 1.807) is 63.4 Å². The molecule has 0 heterocycles. The lowest BCUT2D eigenvalue weighted by Crippen LogP contribution is -2.52. The van der Waals surface area contributed by atoms with Gasteiger partial charge in [0.25, 0.3) is 10.0 Å². The van der Waals surface area contributed by atoms with Crippen molar-refractivity contribution in [2.24, 2.45) is 0 Å². The van der Waals surface area contributed by atoms with Crippen molar-refractivity contribution in [2.75, 3.05) is 18.0 Å². The third-order valence-corrected chi connectivity index (χ3v) is 9.00. The van der Waals surface area contributed by atoms with Gasteiger partial charge in [0, 0.05) is 17.6 Å². The molecular weight excluding hydrogens is 562 g/mol. The largest absolute Gasteiger partial charge is 0.497 e. The van der Waals surface area contributed by atoms with Crippen LogP contribution in [0.5, 0.6) is 5.75 Å². The maximum absolute atomic E-state index is 14.1. The number of hydrogen-bond acceptors (Lipinski definition) is 5. The van der Waals surface area contributed by atoms with E-state index in [2.05, 4.69) is 5.32 Å². The van der Waals surface area contributed by atoms with Crippen molar-refractivity contribution in [3.63, 3.8) is 0 Å². The van der Waals surface area contributed by atoms with Crippen LogP contribution < -0.4 is 14.4 Å². The first kappa shape index (κ1) is 32.0. The number of benzene rings is 3. The Morgan fingerprint density at radius 2 is 1.61 bits per heavy atom. The molecule has 3 aromatic carbocycles. The van der Waals surface area contributed by atoms with Gasteiger partial charge in [-0.1, -0.05) is 48.4 Å². The number of ether oxygens (including phenoxy) is 1. The number of rotatable bonds is 12. The van der Waals surface area contributed by atoms with E-state index in [0.717, 1.165) is 21.9 Å². The minimum Gasteiger partial charge on any atom is -0.497 e. The predicted molar refractivity (Wildman–Crippen MR) is 163 cm³/mol. The summed E-state index contributed by atoms with van der Waals surface area (Å²) in [5.41, 5.74) is 2.58. The second kappa shape index (κ2) is 13.9. The Labute approximate surface area is 248 Å². The van der Waals surface area contributed by atoms with Crippen molar-refractivity contribution in [2.45, 2.75) is 64.6 Å². The normalized spacial score (nSPS) is 12.8. The van der Waals surface area contributed by atoms with Crippen LogP contribution in [-0.4, -0.2) is 50.9 Å². The first-order valence-corrected chi connectivity index (χ1v) is 15.3. The van der Waals surface area contributed by atoms with Gasteiger partial charge in [0.2, 0.25) is 11.8 Å². The summed E-state index contributed by atoms with van der Waals surface area (Å²) in [6, 6.07) is 17.5. The third-order valence-electron chi connectivity index (χ3n) is 7.00. The fourth-order valence-electron chi connectivity index (χ4n) is 4.23. The molecule has 220 valence electrons. The van der Waals surface area contributed by atoms with Crippen LogP contribution in [0, 0.1) is 13.8 Å². The summed E-state index contributed by atoms with van der Waals surface area (Å²) in [7, 11) is -2.60. The van der Waals surface area contributed by atoms with E-state index in [0.29, 0.717) is 22.0 Å². The summed E-state index contributed by atoms with van der Waals surface area (Å²) in [5, 5.41) is 3.38. The molecule has 0 aliphatic rings. The maximum atomic E-state index is 14.1. The van der Waals surface area contributed by atoms with Crippen molar-refractivity contribution >= 4 is 39.1 Å². The highest BCUT2D eigenvalue weighted by molar-refractivity contribution is 7.92. The molecule has 0 unspecified atom stereocenters. The van der Waals surface area contributed by atoms with Gasteiger partial charge in [-0.2, -0.15) is 0 Å². The van der Waals surface area contributed by atoms with Crippen molar-refractivity contribution in [3.8, 4) is 5.75 Å². The highest BCUT2D eigenvalue weighted by atomic mass is 35.5. The summed E-state index contributed by atoms with van der Waals surface area (Å²) < 4.78 is 34.3. The van der Waals surface area contributed by atoms with Gasteiger partial charge in [-0.3, -0.25) is 13.9 Å². The number of nitrogens with zero attached hydrogens (tertiary/aromatic N) is 2. The van der Waals surface area contributed by atoms with E-state index < -0.39 is 28.5 Å². The zero-order chi connectivity index (χ0) is 30.3. The van der Waals surface area contributed by atoms with Gasteiger partial charge in [-0.05, 0) is 87.7 Å². The number of carbonyl (C=O) groups excluding carboxylic acids is 2. The molecule has 10 heteroatoms. The quantitative estimate of drug-likeness (QED) is 0.297. The van der Waals surface area contributed by atoms with Gasteiger partial charge in [0.15, 0.2) is 0 Å². The predicted octanol–water partition coefficient (Wildman–Crippen LogP) is 5.49. The van der Waals surface area contributed by atoms with Crippen LogP contribution in [0.1, 0.15) is 43.9 Å². The molecular formula is C31H38ClN3O5S. The van der Waals surface area contributed by atoms with E-state index in [4.69, 9.17) is 16.3 Å². The molecule has 2 atom stereocenters. The number of aryl methyl sites for hydroxylation is 2. The summed E-state index contributed by atoms with van der Waals surface area (Å²) in [6.45, 7) is 8.67. The Bertz CT molecular complexity index is 1460. The monoisotopic (exact) mass is 599 g/mol. The van der Waals surface area contributed by atoms with E-state index in [-0.39, 0.29) is 23.4 Å².